The Morgan fingerprint density at radius 3 is 2.61 bits per heavy atom. The molecule has 148 valence electrons. The van der Waals surface area contributed by atoms with Crippen molar-refractivity contribution in [1.29, 1.82) is 0 Å². The summed E-state index contributed by atoms with van der Waals surface area (Å²) >= 11 is 6.06. The lowest BCUT2D eigenvalue weighted by atomic mass is 10.2. The molecule has 1 fully saturated rings. The van der Waals surface area contributed by atoms with Crippen LogP contribution in [-0.4, -0.2) is 50.2 Å². The molecule has 0 saturated carbocycles. The van der Waals surface area contributed by atoms with Gasteiger partial charge in [0.2, 0.25) is 10.0 Å². The first kappa shape index (κ1) is 20.2. The molecule has 0 amide bonds. The fourth-order valence-electron chi connectivity index (χ4n) is 2.61. The van der Waals surface area contributed by atoms with E-state index in [4.69, 9.17) is 16.3 Å². The lowest BCUT2D eigenvalue weighted by molar-refractivity contribution is -0.385. The van der Waals surface area contributed by atoms with E-state index in [1.165, 1.54) is 22.7 Å². The maximum Gasteiger partial charge on any atom is 0.270 e. The van der Waals surface area contributed by atoms with Gasteiger partial charge in [0.1, 0.15) is 4.90 Å². The molecule has 0 bridgehead atoms. The number of benzene rings is 2. The molecule has 2 aromatic carbocycles. The molecule has 9 nitrogen and oxygen atoms in total. The van der Waals surface area contributed by atoms with Crippen molar-refractivity contribution in [2.75, 3.05) is 31.7 Å². The highest BCUT2D eigenvalue weighted by Gasteiger charge is 2.30. The molecule has 11 heteroatoms. The lowest BCUT2D eigenvalue weighted by Crippen LogP contribution is -2.40. The van der Waals surface area contributed by atoms with Gasteiger partial charge in [0.25, 0.3) is 5.69 Å². The largest absolute Gasteiger partial charge is 0.379 e. The zero-order chi connectivity index (χ0) is 20.1. The van der Waals surface area contributed by atoms with Gasteiger partial charge in [-0.15, -0.1) is 0 Å². The van der Waals surface area contributed by atoms with Crippen molar-refractivity contribution in [3.63, 3.8) is 0 Å². The third kappa shape index (κ3) is 4.47. The Hall–Kier alpha value is -2.53. The van der Waals surface area contributed by atoms with E-state index >= 15 is 0 Å². The molecule has 1 N–H and O–H groups in total. The predicted molar refractivity (Wildman–Crippen MR) is 105 cm³/mol. The molecule has 0 spiro atoms. The number of hydrazone groups is 1. The summed E-state index contributed by atoms with van der Waals surface area (Å²) in [6.07, 6.45) is 1.44. The van der Waals surface area contributed by atoms with E-state index in [9.17, 15) is 18.5 Å². The Morgan fingerprint density at radius 1 is 1.21 bits per heavy atom. The summed E-state index contributed by atoms with van der Waals surface area (Å²) in [6.45, 7) is 0.879. The summed E-state index contributed by atoms with van der Waals surface area (Å²) in [6, 6.07) is 10.6. The number of halogens is 1. The van der Waals surface area contributed by atoms with Crippen molar-refractivity contribution >= 4 is 39.2 Å². The van der Waals surface area contributed by atoms with Crippen LogP contribution in [0, 0.1) is 10.1 Å². The second-order valence-corrected chi connectivity index (χ2v) is 8.16. The minimum Gasteiger partial charge on any atom is -0.379 e. The number of non-ortho nitro benzene ring substituents is 1. The van der Waals surface area contributed by atoms with Gasteiger partial charge in [0.15, 0.2) is 0 Å². The summed E-state index contributed by atoms with van der Waals surface area (Å²) in [5.74, 6) is 0. The number of nitro groups is 1. The van der Waals surface area contributed by atoms with Crippen molar-refractivity contribution in [2.24, 2.45) is 5.10 Å². The van der Waals surface area contributed by atoms with E-state index in [1.807, 2.05) is 0 Å². The monoisotopic (exact) mass is 424 g/mol. The fourth-order valence-corrected chi connectivity index (χ4v) is 4.36. The molecule has 0 aliphatic carbocycles. The van der Waals surface area contributed by atoms with E-state index in [2.05, 4.69) is 10.5 Å². The van der Waals surface area contributed by atoms with Crippen LogP contribution in [0.4, 0.5) is 11.4 Å². The number of hydrogen-bond acceptors (Lipinski definition) is 7. The smallest absolute Gasteiger partial charge is 0.270 e. The van der Waals surface area contributed by atoms with Crippen LogP contribution in [0.15, 0.2) is 52.5 Å². The van der Waals surface area contributed by atoms with Crippen LogP contribution in [0.5, 0.6) is 0 Å². The fraction of sp³-hybridized carbons (Fsp3) is 0.235. The summed E-state index contributed by atoms with van der Waals surface area (Å²) in [7, 11) is -3.97. The number of hydrogen-bond donors (Lipinski definition) is 1. The van der Waals surface area contributed by atoms with Gasteiger partial charge < -0.3 is 4.74 Å². The molecule has 1 aliphatic heterocycles. The van der Waals surface area contributed by atoms with Gasteiger partial charge in [-0.1, -0.05) is 29.8 Å². The van der Waals surface area contributed by atoms with E-state index < -0.39 is 14.9 Å². The van der Waals surface area contributed by atoms with Crippen LogP contribution in [-0.2, 0) is 14.8 Å². The molecule has 0 unspecified atom stereocenters. The number of nitro benzene ring substituents is 1. The minimum atomic E-state index is -3.97. The number of ether oxygens (including phenoxy) is 1. The molecule has 0 atom stereocenters. The molecule has 28 heavy (non-hydrogen) atoms. The number of rotatable bonds is 6. The molecule has 2 aromatic rings. The average Bonchev–Trinajstić information content (AvgIpc) is 2.70. The third-order valence-electron chi connectivity index (χ3n) is 4.06. The Bertz CT molecular complexity index is 1010. The van der Waals surface area contributed by atoms with E-state index in [0.29, 0.717) is 10.6 Å². The van der Waals surface area contributed by atoms with Crippen LogP contribution in [0.3, 0.4) is 0 Å². The van der Waals surface area contributed by atoms with Gasteiger partial charge in [-0.05, 0) is 12.1 Å². The van der Waals surface area contributed by atoms with Crippen LogP contribution in [0.2, 0.25) is 5.02 Å². The van der Waals surface area contributed by atoms with Gasteiger partial charge in [0.05, 0.1) is 30.0 Å². The van der Waals surface area contributed by atoms with Crippen molar-refractivity contribution < 1.29 is 18.1 Å². The van der Waals surface area contributed by atoms with Gasteiger partial charge in [-0.3, -0.25) is 15.5 Å². The molecule has 1 saturated heterocycles. The number of nitrogens with one attached hydrogen (secondary N) is 1. The second-order valence-electron chi connectivity index (χ2n) is 5.85. The Morgan fingerprint density at radius 2 is 1.93 bits per heavy atom. The Labute approximate surface area is 166 Å². The Balaban J connectivity index is 1.94. The lowest BCUT2D eigenvalue weighted by Gasteiger charge is -2.26. The highest BCUT2D eigenvalue weighted by molar-refractivity contribution is 7.89. The maximum absolute atomic E-state index is 13.0. The topological polar surface area (TPSA) is 114 Å². The number of sulfonamides is 1. The molecule has 1 heterocycles. The standard InChI is InChI=1S/C17H17ClN4O5S/c18-15-4-2-1-3-13(15)12-19-20-16-6-5-14(22(23)24)11-17(16)28(25,26)21-7-9-27-10-8-21/h1-6,11-12,20H,7-10H2. The minimum absolute atomic E-state index is 0.125. The van der Waals surface area contributed by atoms with Gasteiger partial charge >= 0.3 is 0 Å². The molecule has 1 aliphatic rings. The molecule has 0 radical (unpaired) electrons. The van der Waals surface area contributed by atoms with Crippen molar-refractivity contribution in [2.45, 2.75) is 4.90 Å². The first-order valence-electron chi connectivity index (χ1n) is 8.29. The Kier molecular flexibility index (Phi) is 6.25. The summed E-state index contributed by atoms with van der Waals surface area (Å²) < 4.78 is 32.4. The highest BCUT2D eigenvalue weighted by Crippen LogP contribution is 2.29. The van der Waals surface area contributed by atoms with Gasteiger partial charge in [0, 0.05) is 35.8 Å². The number of anilines is 1. The van der Waals surface area contributed by atoms with Crippen LogP contribution >= 0.6 is 11.6 Å². The van der Waals surface area contributed by atoms with Crippen LogP contribution < -0.4 is 5.43 Å². The molecular weight excluding hydrogens is 408 g/mol. The maximum atomic E-state index is 13.0. The molecule has 0 aromatic heterocycles. The summed E-state index contributed by atoms with van der Waals surface area (Å²) in [5.41, 5.74) is 3.09. The third-order valence-corrected chi connectivity index (χ3v) is 6.34. The van der Waals surface area contributed by atoms with Crippen molar-refractivity contribution in [3.05, 3.63) is 63.2 Å². The summed E-state index contributed by atoms with van der Waals surface area (Å²) in [5, 5.41) is 15.6. The van der Waals surface area contributed by atoms with Gasteiger partial charge in [-0.2, -0.15) is 9.41 Å². The first-order chi connectivity index (χ1) is 13.4. The predicted octanol–water partition coefficient (Wildman–Crippen LogP) is 2.72. The second kappa shape index (κ2) is 8.65. The number of morpholine rings is 1. The average molecular weight is 425 g/mol. The normalized spacial score (nSPS) is 15.6. The molecule has 3 rings (SSSR count). The van der Waals surface area contributed by atoms with Crippen molar-refractivity contribution in [3.8, 4) is 0 Å². The van der Waals surface area contributed by atoms with Crippen molar-refractivity contribution in [1.82, 2.24) is 4.31 Å². The number of nitrogens with zero attached hydrogens (tertiary/aromatic N) is 3. The van der Waals surface area contributed by atoms with Crippen LogP contribution in [0.1, 0.15) is 5.56 Å². The zero-order valence-electron chi connectivity index (χ0n) is 14.6. The van der Waals surface area contributed by atoms with Crippen LogP contribution in [0.25, 0.3) is 0 Å². The van der Waals surface area contributed by atoms with E-state index in [0.717, 1.165) is 6.07 Å². The van der Waals surface area contributed by atoms with E-state index in [1.54, 1.807) is 24.3 Å². The molecular formula is C17H17ClN4O5S. The first-order valence-corrected chi connectivity index (χ1v) is 10.1. The SMILES string of the molecule is O=[N+]([O-])c1ccc(NN=Cc2ccccc2Cl)c(S(=O)(=O)N2CCOCC2)c1. The van der Waals surface area contributed by atoms with E-state index in [-0.39, 0.29) is 42.6 Å². The highest BCUT2D eigenvalue weighted by atomic mass is 35.5. The summed E-state index contributed by atoms with van der Waals surface area (Å²) in [4.78, 5) is 10.3. The quantitative estimate of drug-likeness (QED) is 0.433. The van der Waals surface area contributed by atoms with Gasteiger partial charge in [-0.25, -0.2) is 8.42 Å². The zero-order valence-corrected chi connectivity index (χ0v) is 16.2.